The van der Waals surface area contributed by atoms with Crippen molar-refractivity contribution < 1.29 is 29.3 Å². The molecule has 0 bridgehead atoms. The number of carbonyl (C=O) groups excluding carboxylic acids is 1. The number of nitrogens with zero attached hydrogens (tertiary/aromatic N) is 3. The van der Waals surface area contributed by atoms with Crippen LogP contribution in [0.2, 0.25) is 0 Å². The number of carbonyl (C=O) groups is 2. The van der Waals surface area contributed by atoms with Crippen LogP contribution in [0.4, 0.5) is 10.5 Å². The number of aromatic nitrogens is 2. The first-order valence-corrected chi connectivity index (χ1v) is 13.4. The fourth-order valence-corrected chi connectivity index (χ4v) is 6.62. The van der Waals surface area contributed by atoms with Crippen LogP contribution in [0, 0.1) is 5.92 Å². The maximum Gasteiger partial charge on any atom is 0.414 e. The molecule has 2 aromatic carbocycles. The first-order valence-electron chi connectivity index (χ1n) is 13.4. The molecule has 3 aromatic rings. The standard InChI is InChI=1S/C29H33N3O6/c1-16-9-10-21-23(31(16)29(36)37-2)11-12-24-25(21)30-27(32(24)19-7-3-5-17(13-19)28(34)35)26(33)20-8-4-6-18-14-38-15-22(18)20/h4,6,8,11-12,16-17,19,26,33H,3,5,7,9-10,13-15H2,1-2H3,(H,34,35)/t16-,17+,19+,26+/m0/s1. The van der Waals surface area contributed by atoms with Crippen molar-refractivity contribution in [3.63, 3.8) is 0 Å². The van der Waals surface area contributed by atoms with E-state index in [9.17, 15) is 19.8 Å². The van der Waals surface area contributed by atoms with E-state index in [1.807, 2.05) is 37.3 Å². The van der Waals surface area contributed by atoms with Gasteiger partial charge in [0, 0.05) is 17.6 Å². The van der Waals surface area contributed by atoms with Gasteiger partial charge >= 0.3 is 12.1 Å². The second kappa shape index (κ2) is 9.71. The summed E-state index contributed by atoms with van der Waals surface area (Å²) in [5.41, 5.74) is 6.14. The Bertz CT molecular complexity index is 1420. The van der Waals surface area contributed by atoms with Gasteiger partial charge in [0.15, 0.2) is 0 Å². The van der Waals surface area contributed by atoms with E-state index >= 15 is 0 Å². The van der Waals surface area contributed by atoms with Gasteiger partial charge in [-0.1, -0.05) is 24.6 Å². The smallest absolute Gasteiger partial charge is 0.414 e. The highest BCUT2D eigenvalue weighted by atomic mass is 16.5. The lowest BCUT2D eigenvalue weighted by Crippen LogP contribution is -2.42. The number of hydrogen-bond donors (Lipinski definition) is 2. The van der Waals surface area contributed by atoms with Crippen LogP contribution in [0.25, 0.3) is 11.0 Å². The zero-order valence-electron chi connectivity index (χ0n) is 21.7. The van der Waals surface area contributed by atoms with Crippen LogP contribution < -0.4 is 4.90 Å². The van der Waals surface area contributed by atoms with Crippen LogP contribution in [-0.2, 0) is 33.9 Å². The molecule has 38 heavy (non-hydrogen) atoms. The summed E-state index contributed by atoms with van der Waals surface area (Å²) in [5.74, 6) is -0.703. The number of rotatable bonds is 4. The molecule has 3 aliphatic rings. The minimum atomic E-state index is -1.00. The monoisotopic (exact) mass is 519 g/mol. The van der Waals surface area contributed by atoms with Gasteiger partial charge in [0.1, 0.15) is 11.9 Å². The number of carboxylic acid groups (broad SMARTS) is 1. The van der Waals surface area contributed by atoms with Gasteiger partial charge in [-0.15, -0.1) is 0 Å². The Hall–Kier alpha value is -3.43. The Kier molecular flexibility index (Phi) is 6.36. The number of anilines is 1. The van der Waals surface area contributed by atoms with Crippen LogP contribution in [0.15, 0.2) is 30.3 Å². The Balaban J connectivity index is 1.54. The van der Waals surface area contributed by atoms with Gasteiger partial charge in [-0.3, -0.25) is 9.69 Å². The molecule has 1 saturated carbocycles. The van der Waals surface area contributed by atoms with Crippen LogP contribution in [0.1, 0.15) is 79.3 Å². The highest BCUT2D eigenvalue weighted by Gasteiger charge is 2.36. The molecule has 0 unspecified atom stereocenters. The molecule has 1 fully saturated rings. The van der Waals surface area contributed by atoms with Crippen molar-refractivity contribution in [1.29, 1.82) is 0 Å². The van der Waals surface area contributed by atoms with Gasteiger partial charge in [-0.25, -0.2) is 9.78 Å². The van der Waals surface area contributed by atoms with E-state index in [1.165, 1.54) is 7.11 Å². The number of benzene rings is 2. The summed E-state index contributed by atoms with van der Waals surface area (Å²) < 4.78 is 12.8. The zero-order chi connectivity index (χ0) is 26.6. The number of aryl methyl sites for hydroxylation is 1. The predicted octanol–water partition coefficient (Wildman–Crippen LogP) is 4.87. The van der Waals surface area contributed by atoms with Crippen LogP contribution in [-0.4, -0.2) is 45.0 Å². The number of aliphatic hydroxyl groups is 1. The summed E-state index contributed by atoms with van der Waals surface area (Å²) in [6.45, 7) is 2.96. The summed E-state index contributed by atoms with van der Waals surface area (Å²) >= 11 is 0. The van der Waals surface area contributed by atoms with Gasteiger partial charge < -0.3 is 24.3 Å². The molecule has 9 nitrogen and oxygen atoms in total. The number of imidazole rings is 1. The summed E-state index contributed by atoms with van der Waals surface area (Å²) in [4.78, 5) is 31.3. The Morgan fingerprint density at radius 2 is 1.97 bits per heavy atom. The summed E-state index contributed by atoms with van der Waals surface area (Å²) in [5, 5.41) is 21.6. The molecular weight excluding hydrogens is 486 g/mol. The molecule has 200 valence electrons. The summed E-state index contributed by atoms with van der Waals surface area (Å²) in [6.07, 6.45) is 2.84. The largest absolute Gasteiger partial charge is 0.481 e. The fraction of sp³-hybridized carbons (Fsp3) is 0.483. The van der Waals surface area contributed by atoms with E-state index in [0.29, 0.717) is 31.9 Å². The molecule has 0 saturated heterocycles. The average molecular weight is 520 g/mol. The van der Waals surface area contributed by atoms with E-state index in [4.69, 9.17) is 14.5 Å². The number of carboxylic acids is 1. The highest BCUT2D eigenvalue weighted by molar-refractivity contribution is 5.95. The number of aliphatic hydroxyl groups excluding tert-OH is 1. The van der Waals surface area contributed by atoms with Gasteiger partial charge in [-0.05, 0) is 67.9 Å². The Morgan fingerprint density at radius 1 is 1.13 bits per heavy atom. The second-order valence-corrected chi connectivity index (χ2v) is 10.7. The minimum Gasteiger partial charge on any atom is -0.481 e. The SMILES string of the molecule is COC(=O)N1c2ccc3c(nc([C@H](O)c4cccc5c4COC5)n3[C@@H]3CCC[C@@H](C(=O)O)C3)c2CC[C@@H]1C. The van der Waals surface area contributed by atoms with E-state index in [0.717, 1.165) is 64.7 Å². The zero-order valence-corrected chi connectivity index (χ0v) is 21.7. The summed E-state index contributed by atoms with van der Waals surface area (Å²) in [7, 11) is 1.38. The van der Waals surface area contributed by atoms with Gasteiger partial charge in [0.2, 0.25) is 0 Å². The van der Waals surface area contributed by atoms with Gasteiger partial charge in [0.05, 0.1) is 43.0 Å². The Morgan fingerprint density at radius 3 is 2.76 bits per heavy atom. The number of aliphatic carboxylic acids is 1. The topological polar surface area (TPSA) is 114 Å². The number of hydrogen-bond acceptors (Lipinski definition) is 6. The molecule has 4 atom stereocenters. The fourth-order valence-electron chi connectivity index (χ4n) is 6.62. The lowest BCUT2D eigenvalue weighted by molar-refractivity contribution is -0.143. The van der Waals surface area contributed by atoms with Crippen molar-refractivity contribution in [2.75, 3.05) is 12.0 Å². The number of fused-ring (bicyclic) bond motifs is 4. The molecule has 2 aliphatic heterocycles. The van der Waals surface area contributed by atoms with Crippen molar-refractivity contribution >= 4 is 28.8 Å². The number of methoxy groups -OCH3 is 1. The number of ether oxygens (including phenoxy) is 2. The second-order valence-electron chi connectivity index (χ2n) is 10.7. The van der Waals surface area contributed by atoms with Crippen LogP contribution in [0.3, 0.4) is 0 Å². The van der Waals surface area contributed by atoms with Crippen molar-refractivity contribution in [1.82, 2.24) is 9.55 Å². The average Bonchev–Trinajstić information content (AvgIpc) is 3.57. The lowest BCUT2D eigenvalue weighted by atomic mass is 9.85. The molecule has 0 spiro atoms. The van der Waals surface area contributed by atoms with Crippen molar-refractivity contribution in [2.45, 2.75) is 76.9 Å². The first kappa shape index (κ1) is 24.9. The molecule has 1 amide bonds. The summed E-state index contributed by atoms with van der Waals surface area (Å²) in [6, 6.07) is 9.62. The number of amides is 1. The third kappa shape index (κ3) is 3.96. The molecule has 9 heteroatoms. The lowest BCUT2D eigenvalue weighted by Gasteiger charge is -2.34. The van der Waals surface area contributed by atoms with Crippen molar-refractivity contribution in [3.05, 3.63) is 58.4 Å². The maximum absolute atomic E-state index is 12.7. The van der Waals surface area contributed by atoms with E-state index < -0.39 is 24.1 Å². The molecular formula is C29H33N3O6. The van der Waals surface area contributed by atoms with Gasteiger partial charge in [-0.2, -0.15) is 0 Å². The van der Waals surface area contributed by atoms with E-state index in [1.54, 1.807) is 4.90 Å². The maximum atomic E-state index is 12.7. The highest BCUT2D eigenvalue weighted by Crippen LogP contribution is 2.43. The minimum absolute atomic E-state index is 0.0128. The Labute approximate surface area is 221 Å². The van der Waals surface area contributed by atoms with Crippen molar-refractivity contribution in [2.24, 2.45) is 5.92 Å². The third-order valence-electron chi connectivity index (χ3n) is 8.57. The quantitative estimate of drug-likeness (QED) is 0.505. The van der Waals surface area contributed by atoms with E-state index in [2.05, 4.69) is 4.57 Å². The molecule has 3 heterocycles. The van der Waals surface area contributed by atoms with Crippen LogP contribution in [0.5, 0.6) is 0 Å². The van der Waals surface area contributed by atoms with E-state index in [-0.39, 0.29) is 12.1 Å². The first-order chi connectivity index (χ1) is 18.4. The molecule has 2 N–H and O–H groups in total. The molecule has 0 radical (unpaired) electrons. The normalized spacial score (nSPS) is 23.7. The molecule has 1 aliphatic carbocycles. The third-order valence-corrected chi connectivity index (χ3v) is 8.57. The van der Waals surface area contributed by atoms with Crippen molar-refractivity contribution in [3.8, 4) is 0 Å². The molecule has 6 rings (SSSR count). The predicted molar refractivity (Wildman–Crippen MR) is 140 cm³/mol. The van der Waals surface area contributed by atoms with Gasteiger partial charge in [0.25, 0.3) is 0 Å². The molecule has 1 aromatic heterocycles. The van der Waals surface area contributed by atoms with Crippen LogP contribution >= 0.6 is 0 Å².